The fourth-order valence-corrected chi connectivity index (χ4v) is 4.16. The van der Waals surface area contributed by atoms with Crippen LogP contribution >= 0.6 is 0 Å². The second-order valence-electron chi connectivity index (χ2n) is 9.26. The van der Waals surface area contributed by atoms with E-state index in [1.54, 1.807) is 17.2 Å². The monoisotopic (exact) mass is 451 g/mol. The van der Waals surface area contributed by atoms with Gasteiger partial charge in [0.15, 0.2) is 0 Å². The number of carbonyl (C=O) groups excluding carboxylic acids is 3. The molecule has 4 heterocycles. The first-order valence-electron chi connectivity index (χ1n) is 11.2. The van der Waals surface area contributed by atoms with Crippen molar-refractivity contribution in [2.24, 2.45) is 5.41 Å². The van der Waals surface area contributed by atoms with Crippen LogP contribution in [0.4, 0.5) is 10.5 Å². The van der Waals surface area contributed by atoms with Crippen molar-refractivity contribution in [3.63, 3.8) is 0 Å². The van der Waals surface area contributed by atoms with Gasteiger partial charge in [-0.05, 0) is 23.6 Å². The summed E-state index contributed by atoms with van der Waals surface area (Å²) in [5.41, 5.74) is 1.11. The molecule has 0 radical (unpaired) electrons. The fourth-order valence-electron chi connectivity index (χ4n) is 4.16. The predicted molar refractivity (Wildman–Crippen MR) is 122 cm³/mol. The molecule has 0 unspecified atom stereocenters. The standard InChI is InChI=1S/C24H29N5O4/c1-24(2)15-21(30)29(22(31)16-24)19-6-7-20(26-17-19)33-23(32)28-13-11-27(12-14-28)10-8-18-5-3-4-9-25-18/h3-7,9,17H,8,10-16H2,1-2H3. The lowest BCUT2D eigenvalue weighted by Crippen LogP contribution is -2.50. The van der Waals surface area contributed by atoms with Crippen LogP contribution in [0.15, 0.2) is 42.7 Å². The van der Waals surface area contributed by atoms with Gasteiger partial charge in [-0.25, -0.2) is 14.7 Å². The van der Waals surface area contributed by atoms with Crippen LogP contribution in [0, 0.1) is 5.41 Å². The van der Waals surface area contributed by atoms with Gasteiger partial charge in [0.1, 0.15) is 0 Å². The molecule has 9 heteroatoms. The van der Waals surface area contributed by atoms with Crippen molar-refractivity contribution in [3.8, 4) is 5.88 Å². The molecule has 0 atom stereocenters. The normalized spacial score (nSPS) is 19.0. The maximum absolute atomic E-state index is 12.5. The Morgan fingerprint density at radius 2 is 1.73 bits per heavy atom. The molecule has 0 aliphatic carbocycles. The number of anilines is 1. The van der Waals surface area contributed by atoms with E-state index in [0.717, 1.165) is 36.6 Å². The first-order chi connectivity index (χ1) is 15.8. The zero-order valence-corrected chi connectivity index (χ0v) is 19.1. The quantitative estimate of drug-likeness (QED) is 0.645. The Morgan fingerprint density at radius 3 is 2.33 bits per heavy atom. The van der Waals surface area contributed by atoms with Crippen molar-refractivity contribution in [2.45, 2.75) is 33.1 Å². The van der Waals surface area contributed by atoms with Gasteiger partial charge < -0.3 is 9.64 Å². The summed E-state index contributed by atoms with van der Waals surface area (Å²) in [6, 6.07) is 9.00. The lowest BCUT2D eigenvalue weighted by Gasteiger charge is -2.34. The Labute approximate surface area is 193 Å². The second kappa shape index (κ2) is 9.66. The van der Waals surface area contributed by atoms with Crippen molar-refractivity contribution in [1.82, 2.24) is 19.8 Å². The molecule has 2 aliphatic rings. The Bertz CT molecular complexity index is 981. The van der Waals surface area contributed by atoms with Crippen LogP contribution in [0.1, 0.15) is 32.4 Å². The van der Waals surface area contributed by atoms with Crippen LogP contribution < -0.4 is 9.64 Å². The zero-order chi connectivity index (χ0) is 23.4. The number of hydrogen-bond acceptors (Lipinski definition) is 7. The molecule has 0 spiro atoms. The SMILES string of the molecule is CC1(C)CC(=O)N(c2ccc(OC(=O)N3CCN(CCc4ccccn4)CC3)nc2)C(=O)C1. The summed E-state index contributed by atoms with van der Waals surface area (Å²) in [7, 11) is 0. The molecule has 4 rings (SSSR count). The number of piperidine rings is 1. The van der Waals surface area contributed by atoms with E-state index >= 15 is 0 Å². The van der Waals surface area contributed by atoms with Gasteiger partial charge in [-0.3, -0.25) is 19.5 Å². The number of imide groups is 1. The lowest BCUT2D eigenvalue weighted by molar-refractivity contribution is -0.132. The van der Waals surface area contributed by atoms with Gasteiger partial charge in [0, 0.05) is 69.9 Å². The van der Waals surface area contributed by atoms with Crippen molar-refractivity contribution in [1.29, 1.82) is 0 Å². The van der Waals surface area contributed by atoms with E-state index in [4.69, 9.17) is 4.74 Å². The highest BCUT2D eigenvalue weighted by atomic mass is 16.6. The van der Waals surface area contributed by atoms with E-state index in [1.165, 1.54) is 12.3 Å². The number of pyridine rings is 2. The van der Waals surface area contributed by atoms with E-state index in [-0.39, 0.29) is 23.1 Å². The molecular formula is C24H29N5O4. The smallest absolute Gasteiger partial charge is 0.391 e. The number of nitrogens with zero attached hydrogens (tertiary/aromatic N) is 5. The Balaban J connectivity index is 1.26. The molecule has 2 saturated heterocycles. The highest BCUT2D eigenvalue weighted by Gasteiger charge is 2.38. The number of piperazine rings is 1. The van der Waals surface area contributed by atoms with Gasteiger partial charge in [-0.2, -0.15) is 0 Å². The molecule has 3 amide bonds. The average molecular weight is 452 g/mol. The number of hydrogen-bond donors (Lipinski definition) is 0. The lowest BCUT2D eigenvalue weighted by atomic mass is 9.81. The van der Waals surface area contributed by atoms with Gasteiger partial charge in [-0.1, -0.05) is 19.9 Å². The number of ether oxygens (including phenoxy) is 1. The third kappa shape index (κ3) is 5.73. The summed E-state index contributed by atoms with van der Waals surface area (Å²) in [5.74, 6) is -0.356. The molecule has 33 heavy (non-hydrogen) atoms. The van der Waals surface area contributed by atoms with Crippen LogP contribution in [0.3, 0.4) is 0 Å². The average Bonchev–Trinajstić information content (AvgIpc) is 2.78. The van der Waals surface area contributed by atoms with Crippen LogP contribution in [-0.2, 0) is 16.0 Å². The molecule has 0 aromatic carbocycles. The first kappa shape index (κ1) is 22.8. The topological polar surface area (TPSA) is 95.9 Å². The molecule has 0 bridgehead atoms. The first-order valence-corrected chi connectivity index (χ1v) is 11.2. The summed E-state index contributed by atoms with van der Waals surface area (Å²) in [6.45, 7) is 7.39. The summed E-state index contributed by atoms with van der Waals surface area (Å²) < 4.78 is 5.41. The van der Waals surface area contributed by atoms with Gasteiger partial charge in [0.25, 0.3) is 0 Å². The molecule has 2 aliphatic heterocycles. The third-order valence-corrected chi connectivity index (χ3v) is 5.97. The molecule has 2 aromatic heterocycles. The number of aromatic nitrogens is 2. The summed E-state index contributed by atoms with van der Waals surface area (Å²) in [4.78, 5) is 51.0. The largest absolute Gasteiger partial charge is 0.416 e. The van der Waals surface area contributed by atoms with Crippen LogP contribution in [0.5, 0.6) is 5.88 Å². The van der Waals surface area contributed by atoms with Crippen LogP contribution in [0.2, 0.25) is 0 Å². The van der Waals surface area contributed by atoms with Gasteiger partial charge in [0.05, 0.1) is 11.9 Å². The van der Waals surface area contributed by atoms with Crippen molar-refractivity contribution in [3.05, 3.63) is 48.4 Å². The Kier molecular flexibility index (Phi) is 6.69. The van der Waals surface area contributed by atoms with E-state index in [2.05, 4.69) is 14.9 Å². The van der Waals surface area contributed by atoms with E-state index in [1.807, 2.05) is 32.0 Å². The van der Waals surface area contributed by atoms with Crippen molar-refractivity contribution >= 4 is 23.6 Å². The van der Waals surface area contributed by atoms with E-state index in [9.17, 15) is 14.4 Å². The minimum Gasteiger partial charge on any atom is -0.391 e. The van der Waals surface area contributed by atoms with Gasteiger partial charge in [-0.15, -0.1) is 0 Å². The summed E-state index contributed by atoms with van der Waals surface area (Å²) in [6.07, 6.45) is 4.21. The van der Waals surface area contributed by atoms with E-state index < -0.39 is 6.09 Å². The third-order valence-electron chi connectivity index (χ3n) is 5.97. The molecule has 0 saturated carbocycles. The molecule has 2 aromatic rings. The van der Waals surface area contributed by atoms with Gasteiger partial charge in [0.2, 0.25) is 17.7 Å². The Morgan fingerprint density at radius 1 is 1.00 bits per heavy atom. The maximum Gasteiger partial charge on any atom is 0.416 e. The van der Waals surface area contributed by atoms with Crippen LogP contribution in [-0.4, -0.2) is 70.4 Å². The minimum atomic E-state index is -0.452. The molecule has 9 nitrogen and oxygen atoms in total. The van der Waals surface area contributed by atoms with E-state index in [0.29, 0.717) is 31.6 Å². The molecule has 174 valence electrons. The number of rotatable bonds is 5. The predicted octanol–water partition coefficient (Wildman–Crippen LogP) is 2.52. The zero-order valence-electron chi connectivity index (χ0n) is 19.1. The highest BCUT2D eigenvalue weighted by molar-refractivity contribution is 6.16. The fraction of sp³-hybridized carbons (Fsp3) is 0.458. The number of carbonyl (C=O) groups is 3. The van der Waals surface area contributed by atoms with Crippen molar-refractivity contribution in [2.75, 3.05) is 37.6 Å². The molecular weight excluding hydrogens is 422 g/mol. The minimum absolute atomic E-state index is 0.138. The van der Waals surface area contributed by atoms with Crippen molar-refractivity contribution < 1.29 is 19.1 Å². The number of amides is 3. The summed E-state index contributed by atoms with van der Waals surface area (Å²) >= 11 is 0. The second-order valence-corrected chi connectivity index (χ2v) is 9.26. The Hall–Kier alpha value is -3.33. The van der Waals surface area contributed by atoms with Gasteiger partial charge >= 0.3 is 6.09 Å². The molecule has 2 fully saturated rings. The summed E-state index contributed by atoms with van der Waals surface area (Å²) in [5, 5.41) is 0. The van der Waals surface area contributed by atoms with Crippen LogP contribution in [0.25, 0.3) is 0 Å². The molecule has 0 N–H and O–H groups in total. The maximum atomic E-state index is 12.5. The highest BCUT2D eigenvalue weighted by Crippen LogP contribution is 2.34.